The fourth-order valence-corrected chi connectivity index (χ4v) is 3.37. The van der Waals surface area contributed by atoms with Gasteiger partial charge in [0, 0.05) is 12.7 Å². The van der Waals surface area contributed by atoms with Crippen molar-refractivity contribution in [2.45, 2.75) is 25.3 Å². The molecule has 4 rings (SSSR count). The summed E-state index contributed by atoms with van der Waals surface area (Å²) in [7, 11) is 0. The van der Waals surface area contributed by atoms with Gasteiger partial charge in [0.1, 0.15) is 23.4 Å². The summed E-state index contributed by atoms with van der Waals surface area (Å²) in [6, 6.07) is 9.32. The predicted molar refractivity (Wildman–Crippen MR) is 92.6 cm³/mol. The number of amides is 1. The first-order valence-corrected chi connectivity index (χ1v) is 8.48. The topological polar surface area (TPSA) is 85.7 Å². The normalized spacial score (nSPS) is 17.2. The molecule has 1 aliphatic rings. The number of pyridine rings is 1. The molecule has 0 radical (unpaired) electrons. The van der Waals surface area contributed by atoms with Crippen LogP contribution < -0.4 is 0 Å². The van der Waals surface area contributed by atoms with Gasteiger partial charge in [0.15, 0.2) is 0 Å². The largest absolute Gasteiger partial charge is 0.340 e. The minimum absolute atomic E-state index is 0.140. The summed E-state index contributed by atoms with van der Waals surface area (Å²) in [6.07, 6.45) is 4.13. The maximum Gasteiger partial charge on any atom is 0.256 e. The molecule has 0 bridgehead atoms. The molecule has 2 aromatic heterocycles. The molecule has 3 aromatic rings. The molecule has 1 unspecified atom stereocenters. The van der Waals surface area contributed by atoms with Crippen LogP contribution in [0.2, 0.25) is 0 Å². The minimum Gasteiger partial charge on any atom is -0.340 e. The lowest BCUT2D eigenvalue weighted by Gasteiger charge is -2.34. The number of rotatable bonds is 2. The molecule has 7 heteroatoms. The van der Waals surface area contributed by atoms with Gasteiger partial charge in [-0.15, -0.1) is 0 Å². The Morgan fingerprint density at radius 3 is 2.96 bits per heavy atom. The van der Waals surface area contributed by atoms with Crippen molar-refractivity contribution in [3.63, 3.8) is 0 Å². The van der Waals surface area contributed by atoms with Gasteiger partial charge in [-0.3, -0.25) is 4.79 Å². The Labute approximate surface area is 149 Å². The summed E-state index contributed by atoms with van der Waals surface area (Å²) in [5.74, 6) is 0.200. The molecular formula is C19H16FN5O. The van der Waals surface area contributed by atoms with Crippen LogP contribution in [0.25, 0.3) is 11.0 Å². The first kappa shape index (κ1) is 16.2. The van der Waals surface area contributed by atoms with Crippen LogP contribution in [0.15, 0.2) is 36.5 Å². The van der Waals surface area contributed by atoms with Crippen molar-refractivity contribution >= 4 is 16.9 Å². The third-order valence-electron chi connectivity index (χ3n) is 4.67. The van der Waals surface area contributed by atoms with Gasteiger partial charge in [0.05, 0.1) is 22.6 Å². The highest BCUT2D eigenvalue weighted by atomic mass is 19.1. The highest BCUT2D eigenvalue weighted by Crippen LogP contribution is 2.31. The fraction of sp³-hybridized carbons (Fsp3) is 0.263. The van der Waals surface area contributed by atoms with Gasteiger partial charge < -0.3 is 9.88 Å². The Balaban J connectivity index is 1.66. The molecule has 0 spiro atoms. The van der Waals surface area contributed by atoms with Gasteiger partial charge in [-0.1, -0.05) is 0 Å². The van der Waals surface area contributed by atoms with Crippen LogP contribution in [0.3, 0.4) is 0 Å². The maximum atomic E-state index is 13.4. The molecule has 0 aliphatic carbocycles. The number of carbonyl (C=O) groups is 1. The standard InChI is InChI=1S/C19H16FN5O/c20-13-5-7-15-16(9-13)24-18(23-15)17-3-1-2-8-25(17)19(26)12-4-6-14(10-21)22-11-12/h4-7,9,11,17H,1-3,8H2,(H,23,24). The number of aromatic amines is 1. The fourth-order valence-electron chi connectivity index (χ4n) is 3.37. The van der Waals surface area contributed by atoms with E-state index in [0.29, 0.717) is 29.0 Å². The molecule has 1 amide bonds. The lowest BCUT2D eigenvalue weighted by Crippen LogP contribution is -2.39. The number of nitrogens with one attached hydrogen (secondary N) is 1. The van der Waals surface area contributed by atoms with Crippen LogP contribution in [0.4, 0.5) is 4.39 Å². The molecule has 0 saturated carbocycles. The number of carbonyl (C=O) groups excluding carboxylic acids is 1. The lowest BCUT2D eigenvalue weighted by atomic mass is 10.0. The summed E-state index contributed by atoms with van der Waals surface area (Å²) in [6.45, 7) is 0.620. The van der Waals surface area contributed by atoms with Crippen molar-refractivity contribution in [2.75, 3.05) is 6.54 Å². The quantitative estimate of drug-likeness (QED) is 0.769. The number of benzene rings is 1. The average Bonchev–Trinajstić information content (AvgIpc) is 3.10. The summed E-state index contributed by atoms with van der Waals surface area (Å²) in [5.41, 5.74) is 2.02. The van der Waals surface area contributed by atoms with Gasteiger partial charge in [0.2, 0.25) is 0 Å². The number of H-pyrrole nitrogens is 1. The number of nitrogens with zero attached hydrogens (tertiary/aromatic N) is 4. The zero-order valence-corrected chi connectivity index (χ0v) is 13.9. The number of imidazole rings is 1. The molecule has 1 fully saturated rings. The second-order valence-corrected chi connectivity index (χ2v) is 6.34. The van der Waals surface area contributed by atoms with Crippen molar-refractivity contribution in [1.82, 2.24) is 19.9 Å². The van der Waals surface area contributed by atoms with Crippen molar-refractivity contribution in [1.29, 1.82) is 5.26 Å². The van der Waals surface area contributed by atoms with Crippen LogP contribution in [-0.4, -0.2) is 32.3 Å². The van der Waals surface area contributed by atoms with E-state index in [1.165, 1.54) is 24.4 Å². The van der Waals surface area contributed by atoms with Gasteiger partial charge in [-0.2, -0.15) is 5.26 Å². The number of hydrogen-bond acceptors (Lipinski definition) is 4. The first-order valence-electron chi connectivity index (χ1n) is 8.48. The monoisotopic (exact) mass is 349 g/mol. The summed E-state index contributed by atoms with van der Waals surface area (Å²) in [4.78, 5) is 26.4. The molecular weight excluding hydrogens is 333 g/mol. The number of aromatic nitrogens is 3. The minimum atomic E-state index is -0.326. The van der Waals surface area contributed by atoms with E-state index >= 15 is 0 Å². The molecule has 6 nitrogen and oxygen atoms in total. The van der Waals surface area contributed by atoms with Crippen molar-refractivity contribution in [2.24, 2.45) is 0 Å². The number of hydrogen-bond donors (Lipinski definition) is 1. The Morgan fingerprint density at radius 2 is 2.19 bits per heavy atom. The zero-order chi connectivity index (χ0) is 18.1. The van der Waals surface area contributed by atoms with Crippen molar-refractivity contribution < 1.29 is 9.18 Å². The molecule has 1 saturated heterocycles. The number of nitriles is 1. The van der Waals surface area contributed by atoms with E-state index in [-0.39, 0.29) is 23.5 Å². The Morgan fingerprint density at radius 1 is 1.31 bits per heavy atom. The highest BCUT2D eigenvalue weighted by Gasteiger charge is 2.31. The Bertz CT molecular complexity index is 1000. The lowest BCUT2D eigenvalue weighted by molar-refractivity contribution is 0.0601. The van der Waals surface area contributed by atoms with E-state index in [9.17, 15) is 9.18 Å². The summed E-state index contributed by atoms with van der Waals surface area (Å²) >= 11 is 0. The average molecular weight is 349 g/mol. The molecule has 1 aromatic carbocycles. The molecule has 1 N–H and O–H groups in total. The van der Waals surface area contributed by atoms with Crippen LogP contribution in [0, 0.1) is 17.1 Å². The van der Waals surface area contributed by atoms with E-state index in [4.69, 9.17) is 5.26 Å². The van der Waals surface area contributed by atoms with Gasteiger partial charge in [0.25, 0.3) is 5.91 Å². The van der Waals surface area contributed by atoms with Crippen molar-refractivity contribution in [3.05, 3.63) is 59.4 Å². The summed E-state index contributed by atoms with van der Waals surface area (Å²) in [5, 5.41) is 8.85. The van der Waals surface area contributed by atoms with Gasteiger partial charge in [-0.05, 0) is 49.6 Å². The third kappa shape index (κ3) is 2.90. The Hall–Kier alpha value is -3.27. The van der Waals surface area contributed by atoms with Crippen molar-refractivity contribution in [3.8, 4) is 6.07 Å². The highest BCUT2D eigenvalue weighted by molar-refractivity contribution is 5.94. The van der Waals surface area contributed by atoms with E-state index in [2.05, 4.69) is 15.0 Å². The molecule has 26 heavy (non-hydrogen) atoms. The van der Waals surface area contributed by atoms with Crippen LogP contribution in [0.5, 0.6) is 0 Å². The third-order valence-corrected chi connectivity index (χ3v) is 4.67. The number of likely N-dealkylation sites (tertiary alicyclic amines) is 1. The SMILES string of the molecule is N#Cc1ccc(C(=O)N2CCCCC2c2nc3ccc(F)cc3[nH]2)cn1. The molecule has 3 heterocycles. The first-order chi connectivity index (χ1) is 12.7. The van der Waals surface area contributed by atoms with Gasteiger partial charge in [-0.25, -0.2) is 14.4 Å². The Kier molecular flexibility index (Phi) is 4.09. The van der Waals surface area contributed by atoms with Crippen LogP contribution in [0.1, 0.15) is 47.2 Å². The molecule has 130 valence electrons. The number of fused-ring (bicyclic) bond motifs is 1. The van der Waals surface area contributed by atoms with Crippen LogP contribution >= 0.6 is 0 Å². The van der Waals surface area contributed by atoms with E-state index in [0.717, 1.165) is 19.3 Å². The van der Waals surface area contributed by atoms with E-state index in [1.807, 2.05) is 6.07 Å². The van der Waals surface area contributed by atoms with Gasteiger partial charge >= 0.3 is 0 Å². The second-order valence-electron chi connectivity index (χ2n) is 6.34. The zero-order valence-electron chi connectivity index (χ0n) is 13.9. The molecule has 1 aliphatic heterocycles. The van der Waals surface area contributed by atoms with E-state index < -0.39 is 0 Å². The smallest absolute Gasteiger partial charge is 0.256 e. The van der Waals surface area contributed by atoms with E-state index in [1.54, 1.807) is 17.0 Å². The maximum absolute atomic E-state index is 13.4. The number of halogens is 1. The predicted octanol–water partition coefficient (Wildman–Crippen LogP) is 3.34. The number of piperidine rings is 1. The second kappa shape index (κ2) is 6.56. The molecule has 1 atom stereocenters. The van der Waals surface area contributed by atoms with Crippen LogP contribution in [-0.2, 0) is 0 Å². The summed E-state index contributed by atoms with van der Waals surface area (Å²) < 4.78 is 13.4.